The van der Waals surface area contributed by atoms with Crippen LogP contribution in [0.3, 0.4) is 0 Å². The zero-order chi connectivity index (χ0) is 13.0. The molecule has 6 heteroatoms. The molecule has 6 nitrogen and oxygen atoms in total. The highest BCUT2D eigenvalue weighted by molar-refractivity contribution is 6.13. The Bertz CT molecular complexity index is 450. The molecule has 1 rings (SSSR count). The van der Waals surface area contributed by atoms with Crippen LogP contribution in [-0.4, -0.2) is 35.7 Å². The van der Waals surface area contributed by atoms with Gasteiger partial charge < -0.3 is 15.5 Å². The topological polar surface area (TPSA) is 102 Å². The van der Waals surface area contributed by atoms with Crippen LogP contribution in [0.5, 0.6) is 0 Å². The summed E-state index contributed by atoms with van der Waals surface area (Å²) in [5.41, 5.74) is 6.47. The van der Waals surface area contributed by atoms with Crippen LogP contribution >= 0.6 is 0 Å². The Morgan fingerprint density at radius 1 is 1.59 bits per heavy atom. The number of aromatic amines is 1. The van der Waals surface area contributed by atoms with Crippen molar-refractivity contribution in [3.8, 4) is 0 Å². The van der Waals surface area contributed by atoms with E-state index < -0.39 is 17.8 Å². The molecule has 1 unspecified atom stereocenters. The number of carbonyl (C=O) groups is 3. The van der Waals surface area contributed by atoms with E-state index in [4.69, 9.17) is 5.73 Å². The normalized spacial score (nSPS) is 11.9. The molecule has 0 amide bonds. The Morgan fingerprint density at radius 2 is 2.24 bits per heavy atom. The quantitative estimate of drug-likeness (QED) is 0.330. The van der Waals surface area contributed by atoms with Crippen molar-refractivity contribution in [2.45, 2.75) is 19.9 Å². The van der Waals surface area contributed by atoms with Gasteiger partial charge in [0.05, 0.1) is 12.3 Å². The van der Waals surface area contributed by atoms with E-state index in [-0.39, 0.29) is 12.2 Å². The zero-order valence-corrected chi connectivity index (χ0v) is 9.65. The van der Waals surface area contributed by atoms with E-state index in [1.165, 1.54) is 6.20 Å². The Morgan fingerprint density at radius 3 is 2.71 bits per heavy atom. The highest BCUT2D eigenvalue weighted by Gasteiger charge is 2.27. The predicted molar refractivity (Wildman–Crippen MR) is 59.9 cm³/mol. The van der Waals surface area contributed by atoms with E-state index in [2.05, 4.69) is 9.72 Å². The third-order valence-electron chi connectivity index (χ3n) is 2.39. The number of ether oxygens (including phenoxy) is 1. The number of esters is 1. The molecule has 1 aromatic heterocycles. The fraction of sp³-hybridized carbons (Fsp3) is 0.364. The minimum atomic E-state index is -1.36. The van der Waals surface area contributed by atoms with Gasteiger partial charge in [0.2, 0.25) is 0 Å². The molecule has 1 atom stereocenters. The lowest BCUT2D eigenvalue weighted by molar-refractivity contribution is -0.143. The SMILES string of the molecule is CCOC(=O)C(N)C(=O)c1c[nH]c(C=O)c1C. The molecule has 0 aliphatic heterocycles. The van der Waals surface area contributed by atoms with Crippen LogP contribution in [0, 0.1) is 6.92 Å². The Balaban J connectivity index is 2.92. The van der Waals surface area contributed by atoms with Gasteiger partial charge in [-0.2, -0.15) is 0 Å². The number of aldehydes is 1. The highest BCUT2D eigenvalue weighted by atomic mass is 16.5. The lowest BCUT2D eigenvalue weighted by Crippen LogP contribution is -2.40. The number of aromatic nitrogens is 1. The molecular formula is C11H14N2O4. The van der Waals surface area contributed by atoms with Gasteiger partial charge in [0.15, 0.2) is 18.1 Å². The van der Waals surface area contributed by atoms with Crippen LogP contribution in [0.25, 0.3) is 0 Å². The summed E-state index contributed by atoms with van der Waals surface area (Å²) in [6, 6.07) is -1.36. The first-order chi connectivity index (χ1) is 8.02. The van der Waals surface area contributed by atoms with Crippen molar-refractivity contribution in [2.24, 2.45) is 5.73 Å². The summed E-state index contributed by atoms with van der Waals surface area (Å²) in [6.45, 7) is 3.39. The molecule has 0 saturated carbocycles. The summed E-state index contributed by atoms with van der Waals surface area (Å²) in [6.07, 6.45) is 1.96. The Kier molecular flexibility index (Phi) is 4.17. The molecule has 0 aromatic carbocycles. The molecule has 17 heavy (non-hydrogen) atoms. The number of nitrogens with one attached hydrogen (secondary N) is 1. The van der Waals surface area contributed by atoms with E-state index in [1.54, 1.807) is 13.8 Å². The molecule has 0 aliphatic rings. The molecular weight excluding hydrogens is 224 g/mol. The van der Waals surface area contributed by atoms with Gasteiger partial charge in [-0.3, -0.25) is 9.59 Å². The standard InChI is InChI=1S/C11H14N2O4/c1-3-17-11(16)9(12)10(15)7-4-13-8(5-14)6(7)2/h4-5,9,13H,3,12H2,1-2H3. The van der Waals surface area contributed by atoms with Crippen LogP contribution in [0.2, 0.25) is 0 Å². The first-order valence-corrected chi connectivity index (χ1v) is 5.12. The second-order valence-electron chi connectivity index (χ2n) is 3.45. The number of H-pyrrole nitrogens is 1. The maximum Gasteiger partial charge on any atom is 0.331 e. The summed E-state index contributed by atoms with van der Waals surface area (Å²) < 4.78 is 4.65. The average Bonchev–Trinajstić information content (AvgIpc) is 2.68. The molecule has 0 saturated heterocycles. The summed E-state index contributed by atoms with van der Waals surface area (Å²) in [4.78, 5) is 36.4. The van der Waals surface area contributed by atoms with Crippen molar-refractivity contribution >= 4 is 18.0 Å². The van der Waals surface area contributed by atoms with E-state index in [1.807, 2.05) is 0 Å². The number of hydrogen-bond donors (Lipinski definition) is 2. The summed E-state index contributed by atoms with van der Waals surface area (Å²) in [5, 5.41) is 0. The maximum absolute atomic E-state index is 11.8. The molecule has 1 aromatic rings. The minimum absolute atomic E-state index is 0.158. The highest BCUT2D eigenvalue weighted by Crippen LogP contribution is 2.13. The summed E-state index contributed by atoms with van der Waals surface area (Å²) >= 11 is 0. The molecule has 92 valence electrons. The first-order valence-electron chi connectivity index (χ1n) is 5.12. The Hall–Kier alpha value is -1.95. The predicted octanol–water partition coefficient (Wildman–Crippen LogP) is 0.209. The van der Waals surface area contributed by atoms with Gasteiger partial charge in [-0.25, -0.2) is 4.79 Å². The Labute approximate surface area is 98.1 Å². The average molecular weight is 238 g/mol. The monoisotopic (exact) mass is 238 g/mol. The van der Waals surface area contributed by atoms with E-state index in [0.717, 1.165) is 0 Å². The third-order valence-corrected chi connectivity index (χ3v) is 2.39. The van der Waals surface area contributed by atoms with Crippen molar-refractivity contribution in [1.29, 1.82) is 0 Å². The lowest BCUT2D eigenvalue weighted by atomic mass is 10.0. The second-order valence-corrected chi connectivity index (χ2v) is 3.45. The van der Waals surface area contributed by atoms with Crippen LogP contribution in [0.4, 0.5) is 0 Å². The number of Topliss-reactive ketones (excluding diaryl/α,β-unsaturated/α-hetero) is 1. The molecule has 0 bridgehead atoms. The number of hydrogen-bond acceptors (Lipinski definition) is 5. The van der Waals surface area contributed by atoms with Crippen LogP contribution in [-0.2, 0) is 9.53 Å². The van der Waals surface area contributed by atoms with Gasteiger partial charge in [-0.1, -0.05) is 0 Å². The van der Waals surface area contributed by atoms with Crippen LogP contribution in [0.15, 0.2) is 6.20 Å². The van der Waals surface area contributed by atoms with Crippen molar-refractivity contribution in [3.63, 3.8) is 0 Å². The largest absolute Gasteiger partial charge is 0.464 e. The van der Waals surface area contributed by atoms with E-state index in [0.29, 0.717) is 17.5 Å². The fourth-order valence-electron chi connectivity index (χ4n) is 1.40. The fourth-order valence-corrected chi connectivity index (χ4v) is 1.40. The van der Waals surface area contributed by atoms with Gasteiger partial charge >= 0.3 is 5.97 Å². The third kappa shape index (κ3) is 2.59. The van der Waals surface area contributed by atoms with Gasteiger partial charge in [0.25, 0.3) is 0 Å². The van der Waals surface area contributed by atoms with Gasteiger partial charge in [0, 0.05) is 11.8 Å². The summed E-state index contributed by atoms with van der Waals surface area (Å²) in [7, 11) is 0. The molecule has 0 spiro atoms. The zero-order valence-electron chi connectivity index (χ0n) is 9.65. The van der Waals surface area contributed by atoms with Crippen molar-refractivity contribution in [1.82, 2.24) is 4.98 Å². The van der Waals surface area contributed by atoms with Crippen LogP contribution < -0.4 is 5.73 Å². The van der Waals surface area contributed by atoms with Gasteiger partial charge in [0.1, 0.15) is 0 Å². The van der Waals surface area contributed by atoms with Crippen LogP contribution in [0.1, 0.15) is 33.3 Å². The molecule has 3 N–H and O–H groups in total. The minimum Gasteiger partial charge on any atom is -0.464 e. The lowest BCUT2D eigenvalue weighted by Gasteiger charge is -2.08. The second kappa shape index (κ2) is 5.40. The number of carbonyl (C=O) groups excluding carboxylic acids is 3. The number of nitrogens with two attached hydrogens (primary N) is 1. The maximum atomic E-state index is 11.8. The van der Waals surface area contributed by atoms with E-state index >= 15 is 0 Å². The first kappa shape index (κ1) is 13.1. The number of ketones is 1. The van der Waals surface area contributed by atoms with Crippen molar-refractivity contribution in [3.05, 3.63) is 23.0 Å². The van der Waals surface area contributed by atoms with Gasteiger partial charge in [-0.05, 0) is 19.4 Å². The summed E-state index contributed by atoms with van der Waals surface area (Å²) in [5.74, 6) is -1.34. The van der Waals surface area contributed by atoms with Crippen molar-refractivity contribution < 1.29 is 19.1 Å². The van der Waals surface area contributed by atoms with Gasteiger partial charge in [-0.15, -0.1) is 0 Å². The number of rotatable bonds is 5. The smallest absolute Gasteiger partial charge is 0.331 e. The molecule has 0 radical (unpaired) electrons. The van der Waals surface area contributed by atoms with Crippen molar-refractivity contribution in [2.75, 3.05) is 6.61 Å². The molecule has 0 aliphatic carbocycles. The molecule has 1 heterocycles. The van der Waals surface area contributed by atoms with E-state index in [9.17, 15) is 14.4 Å². The molecule has 0 fully saturated rings.